The van der Waals surface area contributed by atoms with Crippen molar-refractivity contribution in [2.24, 2.45) is 0 Å². The molecule has 0 unspecified atom stereocenters. The number of hydrogen-bond acceptors (Lipinski definition) is 3. The predicted octanol–water partition coefficient (Wildman–Crippen LogP) is 3.93. The summed E-state index contributed by atoms with van der Waals surface area (Å²) < 4.78 is 9.38. The Morgan fingerprint density at radius 1 is 1.19 bits per heavy atom. The van der Waals surface area contributed by atoms with Crippen molar-refractivity contribution in [3.8, 4) is 5.75 Å². The number of rotatable bonds is 4. The largest absolute Gasteiger partial charge is 0.485 e. The van der Waals surface area contributed by atoms with E-state index in [9.17, 15) is 5.11 Å². The molecule has 0 atom stereocenters. The van der Waals surface area contributed by atoms with Crippen LogP contribution in [0.1, 0.15) is 11.3 Å². The number of ether oxygens (including phenoxy) is 1. The monoisotopic (exact) mass is 410 g/mol. The lowest BCUT2D eigenvalue weighted by Gasteiger charge is -2.10. The van der Waals surface area contributed by atoms with Gasteiger partial charge in [0.25, 0.3) is 0 Å². The molecule has 21 heavy (non-hydrogen) atoms. The molecule has 0 aliphatic carbocycles. The molecule has 1 N–H and O–H groups in total. The highest BCUT2D eigenvalue weighted by molar-refractivity contribution is 9.11. The molecule has 2 aromatic heterocycles. The maximum absolute atomic E-state index is 9.17. The van der Waals surface area contributed by atoms with Crippen LogP contribution in [0, 0.1) is 0 Å². The molecule has 6 heteroatoms. The van der Waals surface area contributed by atoms with E-state index in [0.29, 0.717) is 12.4 Å². The van der Waals surface area contributed by atoms with E-state index < -0.39 is 0 Å². The lowest BCUT2D eigenvalue weighted by molar-refractivity contribution is 0.279. The number of hydrogen-bond donors (Lipinski definition) is 1. The molecule has 2 heterocycles. The van der Waals surface area contributed by atoms with Crippen LogP contribution in [0.2, 0.25) is 0 Å². The van der Waals surface area contributed by atoms with Crippen LogP contribution < -0.4 is 4.74 Å². The van der Waals surface area contributed by atoms with Gasteiger partial charge in [-0.25, -0.2) is 4.98 Å². The molecular weight excluding hydrogens is 400 g/mol. The molecule has 108 valence electrons. The third kappa shape index (κ3) is 3.12. The van der Waals surface area contributed by atoms with E-state index in [2.05, 4.69) is 36.8 Å². The zero-order valence-electron chi connectivity index (χ0n) is 11.0. The smallest absolute Gasteiger partial charge is 0.148 e. The summed E-state index contributed by atoms with van der Waals surface area (Å²) in [6.45, 7) is 0.362. The third-order valence-corrected chi connectivity index (χ3v) is 4.20. The van der Waals surface area contributed by atoms with Gasteiger partial charge in [-0.2, -0.15) is 0 Å². The van der Waals surface area contributed by atoms with Gasteiger partial charge in [0.2, 0.25) is 0 Å². The summed E-state index contributed by atoms with van der Waals surface area (Å²) in [5.74, 6) is 0.698. The summed E-state index contributed by atoms with van der Waals surface area (Å²) in [6.07, 6.45) is 3.90. The average Bonchev–Trinajstić information content (AvgIpc) is 2.88. The lowest BCUT2D eigenvalue weighted by atomic mass is 10.2. The minimum absolute atomic E-state index is 0.0100. The Bertz CT molecular complexity index is 730. The molecule has 3 aromatic rings. The summed E-state index contributed by atoms with van der Waals surface area (Å²) in [5.41, 5.74) is 2.56. The standard InChI is InChI=1S/C15H12Br2N2O2/c16-12-5-10(8-20)6-13(17)15(12)21-9-11-7-19-4-2-1-3-14(19)18-11/h1-7,20H,8-9H2. The molecule has 0 fully saturated rings. The van der Waals surface area contributed by atoms with Crippen LogP contribution in [0.15, 0.2) is 51.7 Å². The molecule has 4 nitrogen and oxygen atoms in total. The van der Waals surface area contributed by atoms with Gasteiger partial charge >= 0.3 is 0 Å². The van der Waals surface area contributed by atoms with Crippen LogP contribution in [-0.4, -0.2) is 14.5 Å². The van der Waals surface area contributed by atoms with Gasteiger partial charge in [-0.05, 0) is 61.7 Å². The number of imidazole rings is 1. The van der Waals surface area contributed by atoms with Crippen molar-refractivity contribution in [1.82, 2.24) is 9.38 Å². The Labute approximate surface area is 138 Å². The minimum Gasteiger partial charge on any atom is -0.485 e. The van der Waals surface area contributed by atoms with E-state index in [1.165, 1.54) is 0 Å². The predicted molar refractivity (Wildman–Crippen MR) is 87.3 cm³/mol. The molecule has 0 bridgehead atoms. The topological polar surface area (TPSA) is 46.8 Å². The van der Waals surface area contributed by atoms with Gasteiger partial charge in [0, 0.05) is 12.4 Å². The number of pyridine rings is 1. The third-order valence-electron chi connectivity index (χ3n) is 3.02. The fourth-order valence-corrected chi connectivity index (χ4v) is 3.55. The van der Waals surface area contributed by atoms with Gasteiger partial charge in [-0.15, -0.1) is 0 Å². The first kappa shape index (κ1) is 14.6. The zero-order chi connectivity index (χ0) is 14.8. The van der Waals surface area contributed by atoms with Crippen molar-refractivity contribution in [2.45, 2.75) is 13.2 Å². The van der Waals surface area contributed by atoms with E-state index in [0.717, 1.165) is 25.8 Å². The SMILES string of the molecule is OCc1cc(Br)c(OCc2cn3ccccc3n2)c(Br)c1. The van der Waals surface area contributed by atoms with Crippen LogP contribution in [-0.2, 0) is 13.2 Å². The number of halogens is 2. The molecule has 0 spiro atoms. The summed E-state index contributed by atoms with van der Waals surface area (Å²) in [6, 6.07) is 9.53. The normalized spacial score (nSPS) is 11.0. The summed E-state index contributed by atoms with van der Waals surface area (Å²) in [4.78, 5) is 4.49. The van der Waals surface area contributed by atoms with Crippen LogP contribution in [0.3, 0.4) is 0 Å². The van der Waals surface area contributed by atoms with Gasteiger partial charge in [0.05, 0.1) is 21.2 Å². The fourth-order valence-electron chi connectivity index (χ4n) is 2.04. The van der Waals surface area contributed by atoms with Gasteiger partial charge in [0.1, 0.15) is 18.0 Å². The minimum atomic E-state index is -0.0100. The van der Waals surface area contributed by atoms with Gasteiger partial charge in [0.15, 0.2) is 0 Å². The number of aliphatic hydroxyl groups excluding tert-OH is 1. The Balaban J connectivity index is 1.81. The van der Waals surface area contributed by atoms with E-state index in [1.807, 2.05) is 47.1 Å². The highest BCUT2D eigenvalue weighted by Crippen LogP contribution is 2.35. The van der Waals surface area contributed by atoms with Crippen LogP contribution in [0.5, 0.6) is 5.75 Å². The summed E-state index contributed by atoms with van der Waals surface area (Å²) >= 11 is 6.91. The van der Waals surface area contributed by atoms with Crippen LogP contribution in [0.4, 0.5) is 0 Å². The van der Waals surface area contributed by atoms with Gasteiger partial charge in [-0.1, -0.05) is 6.07 Å². The number of nitrogens with zero attached hydrogens (tertiary/aromatic N) is 2. The Kier molecular flexibility index (Phi) is 4.28. The zero-order valence-corrected chi connectivity index (χ0v) is 14.1. The second-order valence-electron chi connectivity index (χ2n) is 4.53. The molecule has 0 aliphatic heterocycles. The Hall–Kier alpha value is -1.37. The first-order chi connectivity index (χ1) is 10.2. The molecule has 3 rings (SSSR count). The lowest BCUT2D eigenvalue weighted by Crippen LogP contribution is -1.98. The van der Waals surface area contributed by atoms with Gasteiger partial charge < -0.3 is 14.2 Å². The van der Waals surface area contributed by atoms with E-state index in [-0.39, 0.29) is 6.61 Å². The molecule has 0 saturated heterocycles. The number of benzene rings is 1. The average molecular weight is 412 g/mol. The van der Waals surface area contributed by atoms with Crippen molar-refractivity contribution in [1.29, 1.82) is 0 Å². The molecule has 1 aromatic carbocycles. The van der Waals surface area contributed by atoms with Crippen molar-refractivity contribution < 1.29 is 9.84 Å². The second kappa shape index (κ2) is 6.17. The molecule has 0 radical (unpaired) electrons. The highest BCUT2D eigenvalue weighted by Gasteiger charge is 2.10. The maximum Gasteiger partial charge on any atom is 0.148 e. The number of aromatic nitrogens is 2. The number of fused-ring (bicyclic) bond motifs is 1. The van der Waals surface area contributed by atoms with E-state index >= 15 is 0 Å². The first-order valence-corrected chi connectivity index (χ1v) is 7.90. The Morgan fingerprint density at radius 3 is 2.62 bits per heavy atom. The van der Waals surface area contributed by atoms with E-state index in [1.54, 1.807) is 0 Å². The van der Waals surface area contributed by atoms with Crippen molar-refractivity contribution in [3.05, 3.63) is 62.9 Å². The van der Waals surface area contributed by atoms with Crippen LogP contribution in [0.25, 0.3) is 5.65 Å². The van der Waals surface area contributed by atoms with Crippen molar-refractivity contribution >= 4 is 37.5 Å². The maximum atomic E-state index is 9.17. The second-order valence-corrected chi connectivity index (χ2v) is 6.24. The number of aliphatic hydroxyl groups is 1. The molecule has 0 aliphatic rings. The fraction of sp³-hybridized carbons (Fsp3) is 0.133. The molecule has 0 amide bonds. The quantitative estimate of drug-likeness (QED) is 0.707. The van der Waals surface area contributed by atoms with Crippen molar-refractivity contribution in [3.63, 3.8) is 0 Å². The summed E-state index contributed by atoms with van der Waals surface area (Å²) in [5, 5.41) is 9.17. The highest BCUT2D eigenvalue weighted by atomic mass is 79.9. The molecule has 0 saturated carbocycles. The molecular formula is C15H12Br2N2O2. The van der Waals surface area contributed by atoms with E-state index in [4.69, 9.17) is 4.74 Å². The Morgan fingerprint density at radius 2 is 1.95 bits per heavy atom. The van der Waals surface area contributed by atoms with Crippen molar-refractivity contribution in [2.75, 3.05) is 0 Å². The van der Waals surface area contributed by atoms with Crippen LogP contribution >= 0.6 is 31.9 Å². The summed E-state index contributed by atoms with van der Waals surface area (Å²) in [7, 11) is 0. The van der Waals surface area contributed by atoms with Gasteiger partial charge in [-0.3, -0.25) is 0 Å². The first-order valence-electron chi connectivity index (χ1n) is 6.31.